The first-order chi connectivity index (χ1) is 7.08. The van der Waals surface area contributed by atoms with Crippen LogP contribution in [0.15, 0.2) is 0 Å². The maximum absolute atomic E-state index is 11.5. The van der Waals surface area contributed by atoms with Gasteiger partial charge >= 0.3 is 0 Å². The number of nitrogens with two attached hydrogens (primary N) is 1. The van der Waals surface area contributed by atoms with Crippen LogP contribution in [0, 0.1) is 11.3 Å². The van der Waals surface area contributed by atoms with E-state index in [0.717, 1.165) is 6.54 Å². The summed E-state index contributed by atoms with van der Waals surface area (Å²) in [6.07, 6.45) is 5.49. The summed E-state index contributed by atoms with van der Waals surface area (Å²) in [6, 6.07) is 0. The van der Waals surface area contributed by atoms with Gasteiger partial charge in [0.2, 0.25) is 5.91 Å². The second kappa shape index (κ2) is 5.50. The van der Waals surface area contributed by atoms with E-state index in [9.17, 15) is 4.79 Å². The van der Waals surface area contributed by atoms with E-state index < -0.39 is 0 Å². The summed E-state index contributed by atoms with van der Waals surface area (Å²) < 4.78 is 0. The summed E-state index contributed by atoms with van der Waals surface area (Å²) in [5.41, 5.74) is 6.01. The third-order valence-corrected chi connectivity index (χ3v) is 3.35. The van der Waals surface area contributed by atoms with Gasteiger partial charge in [-0.1, -0.05) is 26.7 Å². The zero-order chi connectivity index (χ0) is 11.3. The Morgan fingerprint density at radius 2 is 2.00 bits per heavy atom. The Labute approximate surface area is 92.8 Å². The average Bonchev–Trinajstić information content (AvgIpc) is 2.63. The van der Waals surface area contributed by atoms with E-state index in [1.807, 2.05) is 0 Å². The molecule has 0 unspecified atom stereocenters. The van der Waals surface area contributed by atoms with E-state index in [4.69, 9.17) is 5.73 Å². The molecule has 0 aromatic rings. The molecule has 1 aliphatic carbocycles. The smallest absolute Gasteiger partial charge is 0.220 e. The van der Waals surface area contributed by atoms with Crippen molar-refractivity contribution in [3.05, 3.63) is 0 Å². The molecule has 0 heterocycles. The molecule has 0 aromatic heterocycles. The van der Waals surface area contributed by atoms with Gasteiger partial charge in [-0.15, -0.1) is 0 Å². The molecular formula is C12H24N2O. The third kappa shape index (κ3) is 3.82. The van der Waals surface area contributed by atoms with Crippen LogP contribution in [0.3, 0.4) is 0 Å². The molecule has 0 spiro atoms. The zero-order valence-corrected chi connectivity index (χ0v) is 10.0. The average molecular weight is 212 g/mol. The van der Waals surface area contributed by atoms with E-state index in [1.165, 1.54) is 25.7 Å². The van der Waals surface area contributed by atoms with Gasteiger partial charge in [-0.05, 0) is 30.7 Å². The summed E-state index contributed by atoms with van der Waals surface area (Å²) in [6.45, 7) is 5.60. The van der Waals surface area contributed by atoms with E-state index >= 15 is 0 Å². The summed E-state index contributed by atoms with van der Waals surface area (Å²) >= 11 is 0. The lowest BCUT2D eigenvalue weighted by atomic mass is 9.86. The highest BCUT2D eigenvalue weighted by molar-refractivity contribution is 5.76. The van der Waals surface area contributed by atoms with Crippen LogP contribution in [0.1, 0.15) is 46.0 Å². The van der Waals surface area contributed by atoms with Crippen LogP contribution in [0.25, 0.3) is 0 Å². The lowest BCUT2D eigenvalue weighted by Crippen LogP contribution is -2.40. The Morgan fingerprint density at radius 3 is 2.47 bits per heavy atom. The van der Waals surface area contributed by atoms with Gasteiger partial charge in [0.25, 0.3) is 0 Å². The van der Waals surface area contributed by atoms with Crippen molar-refractivity contribution in [2.75, 3.05) is 13.1 Å². The molecule has 0 aliphatic heterocycles. The maximum atomic E-state index is 11.5. The molecule has 3 heteroatoms. The predicted molar refractivity (Wildman–Crippen MR) is 62.4 cm³/mol. The van der Waals surface area contributed by atoms with Crippen LogP contribution in [0.2, 0.25) is 0 Å². The first-order valence-corrected chi connectivity index (χ1v) is 6.05. The number of carbonyl (C=O) groups is 1. The first-order valence-electron chi connectivity index (χ1n) is 6.05. The summed E-state index contributed by atoms with van der Waals surface area (Å²) in [5, 5.41) is 3.03. The van der Waals surface area contributed by atoms with Gasteiger partial charge in [0.15, 0.2) is 0 Å². The predicted octanol–water partition coefficient (Wildman–Crippen LogP) is 1.67. The van der Waals surface area contributed by atoms with Gasteiger partial charge in [0.1, 0.15) is 0 Å². The highest BCUT2D eigenvalue weighted by Gasteiger charge is 2.32. The van der Waals surface area contributed by atoms with Crippen molar-refractivity contribution in [2.24, 2.45) is 17.1 Å². The second-order valence-electron chi connectivity index (χ2n) is 5.29. The number of carbonyl (C=O) groups excluding carboxylic acids is 1. The molecule has 15 heavy (non-hydrogen) atoms. The molecule has 1 rings (SSSR count). The molecule has 88 valence electrons. The number of hydrogen-bond acceptors (Lipinski definition) is 2. The van der Waals surface area contributed by atoms with Crippen molar-refractivity contribution in [1.29, 1.82) is 0 Å². The summed E-state index contributed by atoms with van der Waals surface area (Å²) in [7, 11) is 0. The Morgan fingerprint density at radius 1 is 1.40 bits per heavy atom. The minimum Gasteiger partial charge on any atom is -0.355 e. The van der Waals surface area contributed by atoms with Crippen molar-refractivity contribution in [3.63, 3.8) is 0 Å². The maximum Gasteiger partial charge on any atom is 0.220 e. The minimum atomic E-state index is 0.171. The van der Waals surface area contributed by atoms with Gasteiger partial charge < -0.3 is 11.1 Å². The number of amides is 1. The van der Waals surface area contributed by atoms with Crippen LogP contribution in [-0.4, -0.2) is 19.0 Å². The molecule has 1 saturated carbocycles. The van der Waals surface area contributed by atoms with Crippen LogP contribution in [0.4, 0.5) is 0 Å². The molecule has 0 radical (unpaired) electrons. The lowest BCUT2D eigenvalue weighted by Gasteiger charge is -2.27. The second-order valence-corrected chi connectivity index (χ2v) is 5.29. The number of rotatable bonds is 5. The monoisotopic (exact) mass is 212 g/mol. The minimum absolute atomic E-state index is 0.171. The standard InChI is InChI=1S/C12H24N2O/c1-10(2)7-11(15)14-9-12(8-13)5-3-4-6-12/h10H,3-9,13H2,1-2H3,(H,14,15). The van der Waals surface area contributed by atoms with Crippen molar-refractivity contribution in [2.45, 2.75) is 46.0 Å². The van der Waals surface area contributed by atoms with E-state index in [0.29, 0.717) is 18.9 Å². The van der Waals surface area contributed by atoms with Gasteiger partial charge in [0, 0.05) is 13.0 Å². The lowest BCUT2D eigenvalue weighted by molar-refractivity contribution is -0.122. The Hall–Kier alpha value is -0.570. The molecule has 0 aromatic carbocycles. The molecular weight excluding hydrogens is 188 g/mol. The van der Waals surface area contributed by atoms with Crippen LogP contribution >= 0.6 is 0 Å². The van der Waals surface area contributed by atoms with Crippen molar-refractivity contribution in [3.8, 4) is 0 Å². The number of nitrogens with one attached hydrogen (secondary N) is 1. The largest absolute Gasteiger partial charge is 0.355 e. The van der Waals surface area contributed by atoms with E-state index in [1.54, 1.807) is 0 Å². The summed E-state index contributed by atoms with van der Waals surface area (Å²) in [5.74, 6) is 0.604. The topological polar surface area (TPSA) is 55.1 Å². The molecule has 3 N–H and O–H groups in total. The number of hydrogen-bond donors (Lipinski definition) is 2. The molecule has 0 saturated heterocycles. The zero-order valence-electron chi connectivity index (χ0n) is 10.0. The fourth-order valence-corrected chi connectivity index (χ4v) is 2.31. The molecule has 0 atom stereocenters. The fourth-order valence-electron chi connectivity index (χ4n) is 2.31. The van der Waals surface area contributed by atoms with Crippen molar-refractivity contribution in [1.82, 2.24) is 5.32 Å². The highest BCUT2D eigenvalue weighted by atomic mass is 16.1. The van der Waals surface area contributed by atoms with Gasteiger partial charge in [0.05, 0.1) is 0 Å². The molecule has 1 amide bonds. The van der Waals surface area contributed by atoms with Gasteiger partial charge in [-0.25, -0.2) is 0 Å². The Bertz CT molecular complexity index is 208. The van der Waals surface area contributed by atoms with E-state index in [2.05, 4.69) is 19.2 Å². The Kier molecular flexibility index (Phi) is 4.58. The molecule has 1 fully saturated rings. The van der Waals surface area contributed by atoms with Crippen molar-refractivity contribution < 1.29 is 4.79 Å². The molecule has 1 aliphatic rings. The fraction of sp³-hybridized carbons (Fsp3) is 0.917. The van der Waals surface area contributed by atoms with Crippen LogP contribution in [-0.2, 0) is 4.79 Å². The van der Waals surface area contributed by atoms with Gasteiger partial charge in [-0.2, -0.15) is 0 Å². The van der Waals surface area contributed by atoms with Gasteiger partial charge in [-0.3, -0.25) is 4.79 Å². The van der Waals surface area contributed by atoms with Crippen LogP contribution in [0.5, 0.6) is 0 Å². The first kappa shape index (κ1) is 12.5. The third-order valence-electron chi connectivity index (χ3n) is 3.35. The van der Waals surface area contributed by atoms with E-state index in [-0.39, 0.29) is 11.3 Å². The summed E-state index contributed by atoms with van der Waals surface area (Å²) in [4.78, 5) is 11.5. The van der Waals surface area contributed by atoms with Crippen molar-refractivity contribution >= 4 is 5.91 Å². The quantitative estimate of drug-likeness (QED) is 0.728. The Balaban J connectivity index is 2.31. The highest BCUT2D eigenvalue weighted by Crippen LogP contribution is 2.36. The molecule has 0 bridgehead atoms. The van der Waals surface area contributed by atoms with Crippen LogP contribution < -0.4 is 11.1 Å². The normalized spacial score (nSPS) is 19.5. The SMILES string of the molecule is CC(C)CC(=O)NCC1(CN)CCCC1. The molecule has 3 nitrogen and oxygen atoms in total.